The molecular weight excluding hydrogens is 302 g/mol. The van der Waals surface area contributed by atoms with Crippen LogP contribution in [0.3, 0.4) is 0 Å². The standard InChI is InChI=1S/C19H31N3O2/c1-12(2)15-7-9-16(10-8-15)18(13(3)4)20-11-17(23)22-19(24)21-14(5)6/h7-10,12-14,18,20H,11H2,1-6H3,(H2,21,22,23,24)/p+1/t18-/m1/s1. The lowest BCUT2D eigenvalue weighted by molar-refractivity contribution is -0.692. The first kappa shape index (κ1) is 20.2. The molecule has 1 aromatic carbocycles. The van der Waals surface area contributed by atoms with E-state index in [0.29, 0.717) is 11.8 Å². The summed E-state index contributed by atoms with van der Waals surface area (Å²) in [6.07, 6.45) is 0. The number of urea groups is 1. The number of carbonyl (C=O) groups is 2. The summed E-state index contributed by atoms with van der Waals surface area (Å²) in [5.74, 6) is 0.607. The Hall–Kier alpha value is -1.88. The summed E-state index contributed by atoms with van der Waals surface area (Å²) >= 11 is 0. The highest BCUT2D eigenvalue weighted by Crippen LogP contribution is 2.21. The van der Waals surface area contributed by atoms with Gasteiger partial charge in [-0.2, -0.15) is 0 Å². The van der Waals surface area contributed by atoms with Crippen LogP contribution >= 0.6 is 0 Å². The molecule has 1 rings (SSSR count). The average molecular weight is 334 g/mol. The van der Waals surface area contributed by atoms with Crippen molar-refractivity contribution in [1.29, 1.82) is 0 Å². The van der Waals surface area contributed by atoms with E-state index in [1.165, 1.54) is 11.1 Å². The molecule has 0 unspecified atom stereocenters. The third kappa shape index (κ3) is 6.71. The van der Waals surface area contributed by atoms with Crippen molar-refractivity contribution in [2.45, 2.75) is 59.5 Å². The quantitative estimate of drug-likeness (QED) is 0.716. The lowest BCUT2D eigenvalue weighted by Gasteiger charge is -2.20. The van der Waals surface area contributed by atoms with Crippen molar-refractivity contribution in [3.63, 3.8) is 0 Å². The number of benzene rings is 1. The van der Waals surface area contributed by atoms with Gasteiger partial charge < -0.3 is 10.6 Å². The summed E-state index contributed by atoms with van der Waals surface area (Å²) in [5, 5.41) is 7.00. The topological polar surface area (TPSA) is 74.8 Å². The summed E-state index contributed by atoms with van der Waals surface area (Å²) in [6, 6.07) is 8.33. The highest BCUT2D eigenvalue weighted by Gasteiger charge is 2.21. The van der Waals surface area contributed by atoms with Gasteiger partial charge in [-0.25, -0.2) is 4.79 Å². The number of carbonyl (C=O) groups excluding carboxylic acids is 2. The van der Waals surface area contributed by atoms with Crippen LogP contribution in [0, 0.1) is 5.92 Å². The molecule has 1 atom stereocenters. The van der Waals surface area contributed by atoms with Crippen molar-refractivity contribution < 1.29 is 14.9 Å². The van der Waals surface area contributed by atoms with Gasteiger partial charge in [0.15, 0.2) is 6.54 Å². The largest absolute Gasteiger partial charge is 0.336 e. The fraction of sp³-hybridized carbons (Fsp3) is 0.579. The van der Waals surface area contributed by atoms with E-state index in [-0.39, 0.29) is 24.5 Å². The molecule has 4 N–H and O–H groups in total. The molecule has 1 aromatic rings. The number of quaternary nitrogens is 1. The van der Waals surface area contributed by atoms with E-state index in [1.54, 1.807) is 0 Å². The lowest BCUT2D eigenvalue weighted by atomic mass is 9.93. The third-order valence-corrected chi connectivity index (χ3v) is 3.94. The molecule has 0 aliphatic heterocycles. The van der Waals surface area contributed by atoms with E-state index < -0.39 is 6.03 Å². The molecule has 24 heavy (non-hydrogen) atoms. The van der Waals surface area contributed by atoms with Crippen LogP contribution in [0.1, 0.15) is 64.6 Å². The Labute approximate surface area is 145 Å². The predicted molar refractivity (Wildman–Crippen MR) is 96.7 cm³/mol. The van der Waals surface area contributed by atoms with Crippen molar-refractivity contribution in [1.82, 2.24) is 10.6 Å². The summed E-state index contributed by atoms with van der Waals surface area (Å²) in [4.78, 5) is 23.5. The van der Waals surface area contributed by atoms with E-state index in [9.17, 15) is 9.59 Å². The van der Waals surface area contributed by atoms with Gasteiger partial charge in [0.1, 0.15) is 6.04 Å². The Bertz CT molecular complexity index is 536. The van der Waals surface area contributed by atoms with Gasteiger partial charge >= 0.3 is 6.03 Å². The molecule has 0 bridgehead atoms. The molecule has 0 heterocycles. The van der Waals surface area contributed by atoms with E-state index in [1.807, 2.05) is 19.2 Å². The molecule has 0 aliphatic carbocycles. The van der Waals surface area contributed by atoms with Gasteiger partial charge in [-0.3, -0.25) is 10.1 Å². The van der Waals surface area contributed by atoms with E-state index in [4.69, 9.17) is 0 Å². The zero-order valence-electron chi connectivity index (χ0n) is 15.7. The zero-order valence-corrected chi connectivity index (χ0v) is 15.7. The zero-order chi connectivity index (χ0) is 18.3. The lowest BCUT2D eigenvalue weighted by Crippen LogP contribution is -2.88. The van der Waals surface area contributed by atoms with Crippen LogP contribution in [0.25, 0.3) is 0 Å². The molecule has 5 heteroatoms. The monoisotopic (exact) mass is 334 g/mol. The molecule has 0 aliphatic rings. The minimum Gasteiger partial charge on any atom is -0.336 e. The highest BCUT2D eigenvalue weighted by atomic mass is 16.2. The van der Waals surface area contributed by atoms with Crippen LogP contribution in [0.5, 0.6) is 0 Å². The van der Waals surface area contributed by atoms with E-state index >= 15 is 0 Å². The molecular formula is C19H32N3O2+. The van der Waals surface area contributed by atoms with Crippen LogP contribution in [0.2, 0.25) is 0 Å². The minimum absolute atomic E-state index is 0.00432. The van der Waals surface area contributed by atoms with Crippen molar-refractivity contribution in [3.8, 4) is 0 Å². The smallest absolute Gasteiger partial charge is 0.321 e. The van der Waals surface area contributed by atoms with Crippen LogP contribution in [0.15, 0.2) is 24.3 Å². The molecule has 0 fully saturated rings. The summed E-state index contributed by atoms with van der Waals surface area (Å²) in [7, 11) is 0. The van der Waals surface area contributed by atoms with Gasteiger partial charge in [-0.15, -0.1) is 0 Å². The maximum atomic E-state index is 11.9. The number of nitrogens with one attached hydrogen (secondary N) is 2. The number of hydrogen-bond donors (Lipinski definition) is 3. The van der Waals surface area contributed by atoms with Gasteiger partial charge in [-0.05, 0) is 25.3 Å². The second kappa shape index (κ2) is 9.42. The van der Waals surface area contributed by atoms with Crippen molar-refractivity contribution >= 4 is 11.9 Å². The number of imide groups is 1. The number of nitrogens with two attached hydrogens (primary N) is 1. The summed E-state index contributed by atoms with van der Waals surface area (Å²) in [5.41, 5.74) is 2.51. The van der Waals surface area contributed by atoms with Crippen LogP contribution in [-0.2, 0) is 4.79 Å². The first-order valence-electron chi connectivity index (χ1n) is 8.74. The fourth-order valence-corrected chi connectivity index (χ4v) is 2.61. The SMILES string of the molecule is CC(C)NC(=O)NC(=O)C[NH2+][C@@H](c1ccc(C(C)C)cc1)C(C)C. The van der Waals surface area contributed by atoms with Gasteiger partial charge in [0.05, 0.1) is 0 Å². The van der Waals surface area contributed by atoms with Gasteiger partial charge in [0.25, 0.3) is 5.91 Å². The van der Waals surface area contributed by atoms with E-state index in [0.717, 1.165) is 0 Å². The molecule has 0 radical (unpaired) electrons. The summed E-state index contributed by atoms with van der Waals surface area (Å²) < 4.78 is 0. The van der Waals surface area contributed by atoms with E-state index in [2.05, 4.69) is 62.6 Å². The van der Waals surface area contributed by atoms with Crippen molar-refractivity contribution in [2.24, 2.45) is 5.92 Å². The molecule has 5 nitrogen and oxygen atoms in total. The number of hydrogen-bond acceptors (Lipinski definition) is 2. The predicted octanol–water partition coefficient (Wildman–Crippen LogP) is 2.30. The Morgan fingerprint density at radius 1 is 0.958 bits per heavy atom. The molecule has 0 spiro atoms. The van der Waals surface area contributed by atoms with Crippen LogP contribution < -0.4 is 16.0 Å². The third-order valence-electron chi connectivity index (χ3n) is 3.94. The first-order chi connectivity index (χ1) is 11.2. The summed E-state index contributed by atoms with van der Waals surface area (Å²) in [6.45, 7) is 12.6. The van der Waals surface area contributed by atoms with Crippen molar-refractivity contribution in [3.05, 3.63) is 35.4 Å². The van der Waals surface area contributed by atoms with Gasteiger partial charge in [0.2, 0.25) is 0 Å². The molecule has 0 saturated heterocycles. The Morgan fingerprint density at radius 3 is 1.96 bits per heavy atom. The second-order valence-electron chi connectivity index (χ2n) is 7.21. The first-order valence-corrected chi connectivity index (χ1v) is 8.74. The second-order valence-corrected chi connectivity index (χ2v) is 7.21. The molecule has 0 saturated carbocycles. The molecule has 3 amide bonds. The van der Waals surface area contributed by atoms with Crippen LogP contribution in [-0.4, -0.2) is 24.5 Å². The van der Waals surface area contributed by atoms with Gasteiger partial charge in [0, 0.05) is 17.5 Å². The Balaban J connectivity index is 2.63. The molecule has 134 valence electrons. The number of amides is 3. The normalized spacial score (nSPS) is 12.5. The highest BCUT2D eigenvalue weighted by molar-refractivity contribution is 5.94. The van der Waals surface area contributed by atoms with Crippen molar-refractivity contribution in [2.75, 3.05) is 6.54 Å². The fourth-order valence-electron chi connectivity index (χ4n) is 2.61. The molecule has 0 aromatic heterocycles. The Morgan fingerprint density at radius 2 is 1.50 bits per heavy atom. The minimum atomic E-state index is -0.439. The maximum absolute atomic E-state index is 11.9. The van der Waals surface area contributed by atoms with Crippen LogP contribution in [0.4, 0.5) is 4.79 Å². The average Bonchev–Trinajstić information content (AvgIpc) is 2.46. The Kier molecular flexibility index (Phi) is 7.92. The number of rotatable bonds is 7. The maximum Gasteiger partial charge on any atom is 0.321 e. The van der Waals surface area contributed by atoms with Gasteiger partial charge in [-0.1, -0.05) is 52.0 Å².